The van der Waals surface area contributed by atoms with Crippen molar-refractivity contribution in [1.82, 2.24) is 0 Å². The molecule has 0 N–H and O–H groups in total. The molecule has 26 heavy (non-hydrogen) atoms. The maximum absolute atomic E-state index is 11.0. The second kappa shape index (κ2) is 10.6. The zero-order valence-electron chi connectivity index (χ0n) is 15.3. The smallest absolute Gasteiger partial charge is 0.348 e. The van der Waals surface area contributed by atoms with E-state index < -0.39 is 0 Å². The molecule has 1 aromatic heterocycles. The molecule has 0 radical (unpaired) electrons. The first-order valence-corrected chi connectivity index (χ1v) is 9.69. The molecule has 0 amide bonds. The maximum Gasteiger partial charge on any atom is 0.348 e. The van der Waals surface area contributed by atoms with Crippen molar-refractivity contribution < 1.29 is 14.3 Å². The lowest BCUT2D eigenvalue weighted by molar-refractivity contribution is -0.117. The average Bonchev–Trinajstić information content (AvgIpc) is 3.30. The summed E-state index contributed by atoms with van der Waals surface area (Å²) in [5.74, 6) is 6.68. The number of aryl methyl sites for hydroxylation is 1. The van der Waals surface area contributed by atoms with Crippen LogP contribution in [-0.2, 0) is 16.0 Å². The number of esters is 1. The fourth-order valence-corrected chi connectivity index (χ4v) is 3.64. The lowest BCUT2D eigenvalue weighted by Gasteiger charge is -1.94. The summed E-state index contributed by atoms with van der Waals surface area (Å²) in [5, 5.41) is 0. The molecule has 136 valence electrons. The number of ketones is 1. The van der Waals surface area contributed by atoms with Gasteiger partial charge in [-0.15, -0.1) is 11.3 Å². The highest BCUT2D eigenvalue weighted by molar-refractivity contribution is 7.13. The molecule has 3 rings (SSSR count). The molecule has 1 saturated carbocycles. The third-order valence-electron chi connectivity index (χ3n) is 3.98. The van der Waals surface area contributed by atoms with Gasteiger partial charge in [-0.3, -0.25) is 4.79 Å². The molecule has 1 aliphatic carbocycles. The number of hydrogen-bond acceptors (Lipinski definition) is 4. The van der Waals surface area contributed by atoms with Gasteiger partial charge in [-0.25, -0.2) is 4.79 Å². The number of methoxy groups -OCH3 is 1. The zero-order chi connectivity index (χ0) is 18.8. The van der Waals surface area contributed by atoms with Crippen LogP contribution in [0, 0.1) is 17.8 Å². The summed E-state index contributed by atoms with van der Waals surface area (Å²) in [6.07, 6.45) is 4.47. The minimum atomic E-state index is -0.234. The molecule has 0 spiro atoms. The van der Waals surface area contributed by atoms with Crippen molar-refractivity contribution in [1.29, 1.82) is 0 Å². The van der Waals surface area contributed by atoms with Crippen LogP contribution in [0.25, 0.3) is 0 Å². The summed E-state index contributed by atoms with van der Waals surface area (Å²) < 4.78 is 4.60. The van der Waals surface area contributed by atoms with Crippen LogP contribution in [0.15, 0.2) is 42.5 Å². The van der Waals surface area contributed by atoms with Gasteiger partial charge in [-0.05, 0) is 37.1 Å². The lowest BCUT2D eigenvalue weighted by atomic mass is 10.1. The Kier molecular flexibility index (Phi) is 8.11. The second-order valence-electron chi connectivity index (χ2n) is 6.12. The normalized spacial score (nSPS) is 15.5. The van der Waals surface area contributed by atoms with E-state index in [9.17, 15) is 9.59 Å². The van der Waals surface area contributed by atoms with Gasteiger partial charge in [-0.1, -0.05) is 43.4 Å². The van der Waals surface area contributed by atoms with Gasteiger partial charge in [-0.2, -0.15) is 0 Å². The molecular formula is C22H24O3S. The third-order valence-corrected chi connectivity index (χ3v) is 5.11. The minimum absolute atomic E-state index is 0.234. The fraction of sp³-hybridized carbons (Fsp3) is 0.364. The van der Waals surface area contributed by atoms with Gasteiger partial charge in [0.15, 0.2) is 0 Å². The zero-order valence-corrected chi connectivity index (χ0v) is 16.1. The molecule has 0 aliphatic heterocycles. The Bertz CT molecular complexity index is 780. The number of benzene rings is 1. The van der Waals surface area contributed by atoms with Gasteiger partial charge >= 0.3 is 5.97 Å². The molecule has 1 aliphatic rings. The van der Waals surface area contributed by atoms with Crippen molar-refractivity contribution in [2.75, 3.05) is 7.11 Å². The Balaban J connectivity index is 0.000000190. The lowest BCUT2D eigenvalue weighted by Crippen LogP contribution is -1.96. The number of carbonyl (C=O) groups excluding carboxylic acids is 2. The van der Waals surface area contributed by atoms with E-state index in [2.05, 4.69) is 23.5 Å². The number of carbonyl (C=O) groups is 2. The van der Waals surface area contributed by atoms with Gasteiger partial charge in [0.25, 0.3) is 0 Å². The molecule has 4 heteroatoms. The molecule has 1 heterocycles. The Morgan fingerprint density at radius 2 is 2.00 bits per heavy atom. The Labute approximate surface area is 159 Å². The highest BCUT2D eigenvalue weighted by Crippen LogP contribution is 2.21. The molecule has 0 saturated heterocycles. The van der Waals surface area contributed by atoms with Gasteiger partial charge < -0.3 is 4.74 Å². The molecule has 1 fully saturated rings. The quantitative estimate of drug-likeness (QED) is 0.572. The predicted molar refractivity (Wildman–Crippen MR) is 105 cm³/mol. The van der Waals surface area contributed by atoms with Crippen LogP contribution in [-0.4, -0.2) is 18.9 Å². The van der Waals surface area contributed by atoms with Crippen molar-refractivity contribution in [3.05, 3.63) is 57.8 Å². The Morgan fingerprint density at radius 1 is 1.23 bits per heavy atom. The van der Waals surface area contributed by atoms with Crippen LogP contribution >= 0.6 is 11.3 Å². The van der Waals surface area contributed by atoms with E-state index in [-0.39, 0.29) is 5.97 Å². The van der Waals surface area contributed by atoms with Crippen molar-refractivity contribution in [2.24, 2.45) is 5.92 Å². The van der Waals surface area contributed by atoms with Crippen molar-refractivity contribution in [3.63, 3.8) is 0 Å². The standard InChI is InChI=1S/C13H12O.C9H12O2S/c14-13-9-8-12(10-13)7-6-11-4-2-1-3-5-11;1-3-4-7-5-6-8(12-7)9(10)11-2/h1-5,12H,8-10H2;5-6H,3-4H2,1-2H3. The summed E-state index contributed by atoms with van der Waals surface area (Å²) in [5.41, 5.74) is 1.03. The van der Waals surface area contributed by atoms with Crippen molar-refractivity contribution in [3.8, 4) is 11.8 Å². The van der Waals surface area contributed by atoms with Gasteiger partial charge in [0, 0.05) is 29.2 Å². The van der Waals surface area contributed by atoms with E-state index >= 15 is 0 Å². The highest BCUT2D eigenvalue weighted by atomic mass is 32.1. The Hall–Kier alpha value is -2.38. The average molecular weight is 368 g/mol. The van der Waals surface area contributed by atoms with Crippen LogP contribution < -0.4 is 0 Å². The van der Waals surface area contributed by atoms with Crippen LogP contribution in [0.4, 0.5) is 0 Å². The number of ether oxygens (including phenoxy) is 1. The first-order valence-electron chi connectivity index (χ1n) is 8.87. The first-order chi connectivity index (χ1) is 12.6. The monoisotopic (exact) mass is 368 g/mol. The SMILES string of the molecule is CCCc1ccc(C(=O)OC)s1.O=C1CCC(C#Cc2ccccc2)C1. The summed E-state index contributed by atoms with van der Waals surface area (Å²) in [7, 11) is 1.40. The molecule has 3 nitrogen and oxygen atoms in total. The summed E-state index contributed by atoms with van der Waals surface area (Å²) in [6.45, 7) is 2.12. The highest BCUT2D eigenvalue weighted by Gasteiger charge is 2.19. The van der Waals surface area contributed by atoms with E-state index in [0.717, 1.165) is 24.8 Å². The molecule has 2 aromatic rings. The van der Waals surface area contributed by atoms with Gasteiger partial charge in [0.1, 0.15) is 10.7 Å². The Morgan fingerprint density at radius 3 is 2.62 bits per heavy atom. The van der Waals surface area contributed by atoms with Gasteiger partial charge in [0.2, 0.25) is 0 Å². The number of rotatable bonds is 3. The molecule has 0 bridgehead atoms. The van der Waals surface area contributed by atoms with Crippen molar-refractivity contribution >= 4 is 23.1 Å². The van der Waals surface area contributed by atoms with Gasteiger partial charge in [0.05, 0.1) is 7.11 Å². The minimum Gasteiger partial charge on any atom is -0.465 e. The van der Waals surface area contributed by atoms with Crippen LogP contribution in [0.3, 0.4) is 0 Å². The van der Waals surface area contributed by atoms with Crippen LogP contribution in [0.1, 0.15) is 52.7 Å². The van der Waals surface area contributed by atoms with E-state index in [1.54, 1.807) is 0 Å². The predicted octanol–water partition coefficient (Wildman–Crippen LogP) is 4.89. The number of thiophene rings is 1. The second-order valence-corrected chi connectivity index (χ2v) is 7.29. The number of hydrogen-bond donors (Lipinski definition) is 0. The molecule has 1 atom stereocenters. The topological polar surface area (TPSA) is 43.4 Å². The third kappa shape index (κ3) is 6.50. The van der Waals surface area contributed by atoms with E-state index in [4.69, 9.17) is 0 Å². The molecule has 1 aromatic carbocycles. The summed E-state index contributed by atoms with van der Waals surface area (Å²) >= 11 is 1.52. The summed E-state index contributed by atoms with van der Waals surface area (Å²) in [6, 6.07) is 13.7. The van der Waals surface area contributed by atoms with Crippen molar-refractivity contribution in [2.45, 2.75) is 39.0 Å². The summed E-state index contributed by atoms with van der Waals surface area (Å²) in [4.78, 5) is 24.0. The van der Waals surface area contributed by atoms with E-state index in [1.807, 2.05) is 42.5 Å². The van der Waals surface area contributed by atoms with E-state index in [0.29, 0.717) is 29.4 Å². The maximum atomic E-state index is 11.0. The largest absolute Gasteiger partial charge is 0.465 e. The fourth-order valence-electron chi connectivity index (χ4n) is 2.61. The molecule has 1 unspecified atom stereocenters. The van der Waals surface area contributed by atoms with Crippen LogP contribution in [0.5, 0.6) is 0 Å². The first kappa shape index (κ1) is 19.9. The van der Waals surface area contributed by atoms with Crippen LogP contribution in [0.2, 0.25) is 0 Å². The number of Topliss-reactive ketones (excluding diaryl/α,β-unsaturated/α-hetero) is 1. The van der Waals surface area contributed by atoms with E-state index in [1.165, 1.54) is 23.3 Å². The molecular weight excluding hydrogens is 344 g/mol.